The average molecular weight is 1070 g/mol. The largest absolute Gasteiger partial charge is 0.302 e. The number of hydrogen-bond donors (Lipinski definition) is 0. The fourth-order valence-corrected chi connectivity index (χ4v) is 16.9. The maximum atomic E-state index is 2.91. The zero-order chi connectivity index (χ0) is 52.2. The van der Waals surface area contributed by atoms with Gasteiger partial charge in [0.2, 0.25) is 0 Å². The summed E-state index contributed by atoms with van der Waals surface area (Å²) < 4.78 is 0. The van der Waals surface area contributed by atoms with E-state index in [1.807, 2.05) is 0 Å². The van der Waals surface area contributed by atoms with Crippen LogP contribution in [0.1, 0.15) is 349 Å². The van der Waals surface area contributed by atoms with Crippen molar-refractivity contribution in [1.29, 1.82) is 0 Å². The lowest BCUT2D eigenvalue weighted by atomic mass is 9.79. The minimum absolute atomic E-state index is 0.964. The molecule has 2 heterocycles. The van der Waals surface area contributed by atoms with Gasteiger partial charge in [-0.3, -0.25) is 0 Å². The molecule has 2 saturated heterocycles. The van der Waals surface area contributed by atoms with Crippen molar-refractivity contribution in [1.82, 2.24) is 9.80 Å². The van der Waals surface area contributed by atoms with Crippen LogP contribution in [0.15, 0.2) is 0 Å². The maximum Gasteiger partial charge on any atom is 0.0165 e. The van der Waals surface area contributed by atoms with E-state index in [-0.39, 0.29) is 0 Å². The SMILES string of the molecule is CCCCCCCCC(CCCCCCCCC1CC1CCCCCCCC)C1CCCN(CCSSCCN2CCCC(C(CCCCCCCC)CCCCCCCCC3CC3CCCCCCCC)C2)C1. The second-order valence-corrected chi connectivity index (χ2v) is 29.4. The summed E-state index contributed by atoms with van der Waals surface area (Å²) in [6.45, 7) is 17.6. The Kier molecular flexibility index (Phi) is 42.9. The molecule has 0 bridgehead atoms. The third-order valence-electron chi connectivity index (χ3n) is 20.1. The van der Waals surface area contributed by atoms with Crippen LogP contribution in [0, 0.1) is 47.3 Å². The predicted octanol–water partition coefficient (Wildman–Crippen LogP) is 23.5. The van der Waals surface area contributed by atoms with Gasteiger partial charge in [-0.1, -0.05) is 332 Å². The van der Waals surface area contributed by atoms with Crippen LogP contribution in [0.4, 0.5) is 0 Å². The Hall–Kier alpha value is 0.620. The second kappa shape index (κ2) is 47.3. The van der Waals surface area contributed by atoms with Crippen LogP contribution in [0.25, 0.3) is 0 Å². The Balaban J connectivity index is 1.05. The van der Waals surface area contributed by atoms with E-state index in [1.165, 1.54) is 333 Å². The molecule has 2 saturated carbocycles. The van der Waals surface area contributed by atoms with Crippen LogP contribution in [0.3, 0.4) is 0 Å². The highest BCUT2D eigenvalue weighted by Gasteiger charge is 2.36. The van der Waals surface area contributed by atoms with E-state index in [1.54, 1.807) is 38.5 Å². The molecule has 4 heteroatoms. The minimum Gasteiger partial charge on any atom is -0.302 e. The highest BCUT2D eigenvalue weighted by Crippen LogP contribution is 2.47. The van der Waals surface area contributed by atoms with Gasteiger partial charge in [0, 0.05) is 37.7 Å². The summed E-state index contributed by atoms with van der Waals surface area (Å²) in [7, 11) is 4.42. The molecule has 8 unspecified atom stereocenters. The molecule has 74 heavy (non-hydrogen) atoms. The van der Waals surface area contributed by atoms with Gasteiger partial charge < -0.3 is 9.80 Å². The summed E-state index contributed by atoms with van der Waals surface area (Å²) in [6, 6.07) is 0. The van der Waals surface area contributed by atoms with Crippen LogP contribution >= 0.6 is 21.6 Å². The summed E-state index contributed by atoms with van der Waals surface area (Å²) >= 11 is 0. The summed E-state index contributed by atoms with van der Waals surface area (Å²) in [4.78, 5) is 5.82. The molecule has 438 valence electrons. The normalized spacial score (nSPS) is 23.2. The Labute approximate surface area is 475 Å². The quantitative estimate of drug-likeness (QED) is 0.0442. The van der Waals surface area contributed by atoms with Crippen LogP contribution in [0.5, 0.6) is 0 Å². The van der Waals surface area contributed by atoms with Crippen molar-refractivity contribution in [3.8, 4) is 0 Å². The highest BCUT2D eigenvalue weighted by molar-refractivity contribution is 8.76. The van der Waals surface area contributed by atoms with Crippen molar-refractivity contribution in [3.05, 3.63) is 0 Å². The van der Waals surface area contributed by atoms with Crippen molar-refractivity contribution in [2.75, 3.05) is 50.8 Å². The summed E-state index contributed by atoms with van der Waals surface area (Å²) in [5, 5.41) is 0. The standard InChI is InChI=1S/C70H136N2S2/c1-5-9-13-17-25-33-43-63(45-35-29-21-23-31-39-49-67-59-65(67)47-37-27-19-15-11-7-3)69-51-41-53-71(61-69)55-57-73-74-58-56-72-54-42-52-70(62-72)64(44-34-26-18-14-10-6-2)46-36-30-22-24-32-40-50-68-60-66(68)48-38-28-20-16-12-8-4/h63-70H,5-62H2,1-4H3. The van der Waals surface area contributed by atoms with E-state index in [0.29, 0.717) is 0 Å². The molecule has 2 aliphatic carbocycles. The third kappa shape index (κ3) is 34.7. The molecule has 8 atom stereocenters. The van der Waals surface area contributed by atoms with Gasteiger partial charge in [-0.15, -0.1) is 0 Å². The molecule has 4 fully saturated rings. The van der Waals surface area contributed by atoms with Gasteiger partial charge in [0.25, 0.3) is 0 Å². The zero-order valence-corrected chi connectivity index (χ0v) is 53.0. The number of nitrogens with zero attached hydrogens (tertiary/aromatic N) is 2. The van der Waals surface area contributed by atoms with Crippen molar-refractivity contribution < 1.29 is 0 Å². The van der Waals surface area contributed by atoms with Gasteiger partial charge >= 0.3 is 0 Å². The van der Waals surface area contributed by atoms with E-state index in [9.17, 15) is 0 Å². The first kappa shape index (κ1) is 67.1. The summed E-state index contributed by atoms with van der Waals surface area (Å²) in [6.07, 6.45) is 74.5. The number of piperidine rings is 2. The van der Waals surface area contributed by atoms with E-state index in [0.717, 1.165) is 47.3 Å². The average Bonchev–Trinajstić information content (AvgIpc) is 4.36. The molecule has 0 aromatic rings. The Bertz CT molecular complexity index is 1100. The van der Waals surface area contributed by atoms with Crippen LogP contribution in [-0.2, 0) is 0 Å². The molecule has 4 aliphatic rings. The van der Waals surface area contributed by atoms with Crippen LogP contribution in [-0.4, -0.2) is 60.6 Å². The lowest BCUT2D eigenvalue weighted by Gasteiger charge is -2.37. The number of hydrogen-bond acceptors (Lipinski definition) is 4. The monoisotopic (exact) mass is 1070 g/mol. The first-order valence-corrected chi connectivity index (χ1v) is 37.8. The first-order valence-electron chi connectivity index (χ1n) is 35.3. The lowest BCUT2D eigenvalue weighted by Crippen LogP contribution is -2.40. The predicted molar refractivity (Wildman–Crippen MR) is 339 cm³/mol. The van der Waals surface area contributed by atoms with Gasteiger partial charge in [0.15, 0.2) is 0 Å². The highest BCUT2D eigenvalue weighted by atomic mass is 33.1. The van der Waals surface area contributed by atoms with E-state index >= 15 is 0 Å². The second-order valence-electron chi connectivity index (χ2n) is 26.7. The molecule has 2 aliphatic heterocycles. The van der Waals surface area contributed by atoms with Gasteiger partial charge in [-0.25, -0.2) is 0 Å². The molecule has 2 nitrogen and oxygen atoms in total. The molecular weight excluding hydrogens is 933 g/mol. The molecule has 0 radical (unpaired) electrons. The molecule has 0 amide bonds. The minimum atomic E-state index is 0.964. The number of unbranched alkanes of at least 4 members (excludes halogenated alkanes) is 30. The van der Waals surface area contributed by atoms with Gasteiger partial charge in [-0.2, -0.15) is 0 Å². The van der Waals surface area contributed by atoms with Crippen molar-refractivity contribution in [3.63, 3.8) is 0 Å². The maximum absolute atomic E-state index is 2.91. The fourth-order valence-electron chi connectivity index (χ4n) is 14.9. The number of likely N-dealkylation sites (tertiary alicyclic amines) is 2. The van der Waals surface area contributed by atoms with Gasteiger partial charge in [0.1, 0.15) is 0 Å². The molecule has 0 spiro atoms. The Morgan fingerprint density at radius 3 is 0.865 bits per heavy atom. The molecule has 0 N–H and O–H groups in total. The molecule has 0 aromatic heterocycles. The van der Waals surface area contributed by atoms with Crippen molar-refractivity contribution in [2.45, 2.75) is 349 Å². The van der Waals surface area contributed by atoms with Gasteiger partial charge in [0.05, 0.1) is 0 Å². The van der Waals surface area contributed by atoms with E-state index in [2.05, 4.69) is 59.1 Å². The van der Waals surface area contributed by atoms with Crippen molar-refractivity contribution in [2.24, 2.45) is 47.3 Å². The smallest absolute Gasteiger partial charge is 0.0165 e. The molecule has 0 aromatic carbocycles. The van der Waals surface area contributed by atoms with Crippen LogP contribution in [0.2, 0.25) is 0 Å². The van der Waals surface area contributed by atoms with Gasteiger partial charge in [-0.05, 0) is 99.0 Å². The van der Waals surface area contributed by atoms with E-state index < -0.39 is 0 Å². The third-order valence-corrected chi connectivity index (χ3v) is 22.5. The van der Waals surface area contributed by atoms with Crippen molar-refractivity contribution >= 4 is 21.6 Å². The zero-order valence-electron chi connectivity index (χ0n) is 51.3. The lowest BCUT2D eigenvalue weighted by molar-refractivity contribution is 0.128. The fraction of sp³-hybridized carbons (Fsp3) is 1.00. The Morgan fingerprint density at radius 1 is 0.324 bits per heavy atom. The number of rotatable bonds is 55. The van der Waals surface area contributed by atoms with E-state index in [4.69, 9.17) is 0 Å². The topological polar surface area (TPSA) is 6.48 Å². The summed E-state index contributed by atoms with van der Waals surface area (Å²) in [5.41, 5.74) is 0. The Morgan fingerprint density at radius 2 is 0.581 bits per heavy atom. The first-order chi connectivity index (χ1) is 36.6. The van der Waals surface area contributed by atoms with Crippen LogP contribution < -0.4 is 0 Å². The summed E-state index contributed by atoms with van der Waals surface area (Å²) in [5.74, 6) is 11.0. The molecular formula is C70H136N2S2. The molecule has 4 rings (SSSR count).